The average Bonchev–Trinajstić information content (AvgIpc) is 2.92. The van der Waals surface area contributed by atoms with Crippen molar-refractivity contribution < 1.29 is 27.1 Å². The number of hydrogen-bond donors (Lipinski definition) is 1. The number of hydrogen-bond acceptors (Lipinski definition) is 5. The van der Waals surface area contributed by atoms with E-state index in [1.165, 1.54) is 17.0 Å². The first kappa shape index (κ1) is 30.1. The first-order chi connectivity index (χ1) is 18.6. The van der Waals surface area contributed by atoms with E-state index >= 15 is 0 Å². The lowest BCUT2D eigenvalue weighted by atomic mass is 10.1. The Kier molecular flexibility index (Phi) is 10.5. The van der Waals surface area contributed by atoms with Gasteiger partial charge < -0.3 is 15.0 Å². The molecule has 208 valence electrons. The summed E-state index contributed by atoms with van der Waals surface area (Å²) in [7, 11) is -4.29. The SMILES string of the molecule is CCNC(=O)[C@H](C)N(Cc1ccc(Br)cc1)C(=O)CN(c1ccc(OCC)cc1)S(=O)(=O)c1ccc(F)cc1. The van der Waals surface area contributed by atoms with Gasteiger partial charge in [-0.05, 0) is 87.0 Å². The van der Waals surface area contributed by atoms with Gasteiger partial charge in [0.2, 0.25) is 11.8 Å². The van der Waals surface area contributed by atoms with E-state index in [0.29, 0.717) is 18.9 Å². The molecular weight excluding hydrogens is 589 g/mol. The third-order valence-corrected chi connectivity index (χ3v) is 8.22. The standard InChI is InChI=1S/C28H31BrFN3O5S/c1-4-31-28(35)20(3)32(18-21-6-8-22(29)9-7-21)27(34)19-33(24-12-14-25(15-13-24)38-5-2)39(36,37)26-16-10-23(30)11-17-26/h6-17,20H,4-5,18-19H2,1-3H3,(H,31,35)/t20-/m0/s1. The number of anilines is 1. The van der Waals surface area contributed by atoms with Gasteiger partial charge >= 0.3 is 0 Å². The Morgan fingerprint density at radius 1 is 0.974 bits per heavy atom. The summed E-state index contributed by atoms with van der Waals surface area (Å²) in [5.41, 5.74) is 0.974. The lowest BCUT2D eigenvalue weighted by Crippen LogP contribution is -2.51. The molecule has 0 aliphatic heterocycles. The van der Waals surface area contributed by atoms with Crippen molar-refractivity contribution >= 4 is 43.5 Å². The predicted molar refractivity (Wildman–Crippen MR) is 151 cm³/mol. The zero-order valence-corrected chi connectivity index (χ0v) is 24.3. The first-order valence-corrected chi connectivity index (χ1v) is 14.6. The van der Waals surface area contributed by atoms with Gasteiger partial charge in [-0.1, -0.05) is 28.1 Å². The Balaban J connectivity index is 2.02. The zero-order chi connectivity index (χ0) is 28.6. The number of carbonyl (C=O) groups is 2. The summed E-state index contributed by atoms with van der Waals surface area (Å²) in [6, 6.07) is 17.0. The van der Waals surface area contributed by atoms with Crippen LogP contribution < -0.4 is 14.4 Å². The molecule has 3 rings (SSSR count). The van der Waals surface area contributed by atoms with E-state index in [0.717, 1.165) is 38.6 Å². The quantitative estimate of drug-likeness (QED) is 0.316. The third kappa shape index (κ3) is 7.79. The molecule has 0 aliphatic carbocycles. The number of halogens is 2. The van der Waals surface area contributed by atoms with E-state index in [1.807, 2.05) is 31.2 Å². The van der Waals surface area contributed by atoms with Gasteiger partial charge in [-0.15, -0.1) is 0 Å². The topological polar surface area (TPSA) is 96.0 Å². The molecule has 0 saturated heterocycles. The molecular formula is C28H31BrFN3O5S. The van der Waals surface area contributed by atoms with Gasteiger partial charge in [-0.2, -0.15) is 0 Å². The van der Waals surface area contributed by atoms with Crippen LogP contribution in [0.15, 0.2) is 82.2 Å². The minimum absolute atomic E-state index is 0.0815. The number of amides is 2. The molecule has 0 heterocycles. The largest absolute Gasteiger partial charge is 0.494 e. The Hall–Kier alpha value is -3.44. The molecule has 11 heteroatoms. The number of sulfonamides is 1. The minimum Gasteiger partial charge on any atom is -0.494 e. The second kappa shape index (κ2) is 13.6. The van der Waals surface area contributed by atoms with E-state index in [2.05, 4.69) is 21.2 Å². The van der Waals surface area contributed by atoms with Crippen LogP contribution in [0.3, 0.4) is 0 Å². The molecule has 8 nitrogen and oxygen atoms in total. The summed E-state index contributed by atoms with van der Waals surface area (Å²) in [5.74, 6) is -1.00. The molecule has 39 heavy (non-hydrogen) atoms. The predicted octanol–water partition coefficient (Wildman–Crippen LogP) is 4.74. The number of ether oxygens (including phenoxy) is 1. The van der Waals surface area contributed by atoms with Crippen LogP contribution in [0.25, 0.3) is 0 Å². The van der Waals surface area contributed by atoms with Crippen LogP contribution in [0.5, 0.6) is 5.75 Å². The average molecular weight is 621 g/mol. The second-order valence-electron chi connectivity index (χ2n) is 8.61. The fourth-order valence-electron chi connectivity index (χ4n) is 3.83. The maximum atomic E-state index is 13.8. The normalized spacial score (nSPS) is 11.9. The van der Waals surface area contributed by atoms with Gasteiger partial charge in [0, 0.05) is 17.6 Å². The fourth-order valence-corrected chi connectivity index (χ4v) is 5.51. The molecule has 3 aromatic carbocycles. The van der Waals surface area contributed by atoms with E-state index < -0.39 is 34.3 Å². The molecule has 3 aromatic rings. The van der Waals surface area contributed by atoms with Gasteiger partial charge in [0.15, 0.2) is 0 Å². The zero-order valence-electron chi connectivity index (χ0n) is 21.9. The number of likely N-dealkylation sites (N-methyl/N-ethyl adjacent to an activating group) is 1. The highest BCUT2D eigenvalue weighted by Crippen LogP contribution is 2.27. The summed E-state index contributed by atoms with van der Waals surface area (Å²) in [4.78, 5) is 27.7. The smallest absolute Gasteiger partial charge is 0.264 e. The van der Waals surface area contributed by atoms with Crippen molar-refractivity contribution in [1.29, 1.82) is 0 Å². The van der Waals surface area contributed by atoms with Crippen molar-refractivity contribution in [3.05, 3.63) is 88.6 Å². The monoisotopic (exact) mass is 619 g/mol. The minimum atomic E-state index is -4.29. The van der Waals surface area contributed by atoms with E-state index in [9.17, 15) is 22.4 Å². The molecule has 1 N–H and O–H groups in total. The van der Waals surface area contributed by atoms with Crippen molar-refractivity contribution in [1.82, 2.24) is 10.2 Å². The Morgan fingerprint density at radius 2 is 1.59 bits per heavy atom. The van der Waals surface area contributed by atoms with Crippen LogP contribution in [0, 0.1) is 5.82 Å². The van der Waals surface area contributed by atoms with E-state index in [1.54, 1.807) is 26.0 Å². The number of rotatable bonds is 12. The molecule has 0 saturated carbocycles. The molecule has 0 unspecified atom stereocenters. The molecule has 2 amide bonds. The Morgan fingerprint density at radius 3 is 2.15 bits per heavy atom. The van der Waals surface area contributed by atoms with Crippen LogP contribution >= 0.6 is 15.9 Å². The summed E-state index contributed by atoms with van der Waals surface area (Å²) >= 11 is 3.38. The molecule has 1 atom stereocenters. The van der Waals surface area contributed by atoms with Gasteiger partial charge in [-0.25, -0.2) is 12.8 Å². The summed E-state index contributed by atoms with van der Waals surface area (Å²) < 4.78 is 48.3. The number of nitrogens with one attached hydrogen (secondary N) is 1. The third-order valence-electron chi connectivity index (χ3n) is 5.90. The maximum Gasteiger partial charge on any atom is 0.264 e. The van der Waals surface area contributed by atoms with Gasteiger partial charge in [0.25, 0.3) is 10.0 Å². The van der Waals surface area contributed by atoms with Crippen molar-refractivity contribution in [3.63, 3.8) is 0 Å². The molecule has 0 radical (unpaired) electrons. The highest BCUT2D eigenvalue weighted by molar-refractivity contribution is 9.10. The number of nitrogens with zero attached hydrogens (tertiary/aromatic N) is 2. The van der Waals surface area contributed by atoms with Gasteiger partial charge in [-0.3, -0.25) is 13.9 Å². The van der Waals surface area contributed by atoms with Crippen LogP contribution in [-0.4, -0.2) is 50.9 Å². The maximum absolute atomic E-state index is 13.8. The number of benzene rings is 3. The summed E-state index contributed by atoms with van der Waals surface area (Å²) in [5, 5.41) is 2.72. The summed E-state index contributed by atoms with van der Waals surface area (Å²) in [6.07, 6.45) is 0. The summed E-state index contributed by atoms with van der Waals surface area (Å²) in [6.45, 7) is 5.49. The van der Waals surface area contributed by atoms with Crippen molar-refractivity contribution in [3.8, 4) is 5.75 Å². The second-order valence-corrected chi connectivity index (χ2v) is 11.4. The Labute approximate surface area is 236 Å². The first-order valence-electron chi connectivity index (χ1n) is 12.4. The van der Waals surface area contributed by atoms with Gasteiger partial charge in [0.05, 0.1) is 17.2 Å². The molecule has 0 aromatic heterocycles. The van der Waals surface area contributed by atoms with Crippen molar-refractivity contribution in [2.24, 2.45) is 0 Å². The lowest BCUT2D eigenvalue weighted by molar-refractivity contribution is -0.139. The highest BCUT2D eigenvalue weighted by atomic mass is 79.9. The lowest BCUT2D eigenvalue weighted by Gasteiger charge is -2.32. The van der Waals surface area contributed by atoms with Gasteiger partial charge in [0.1, 0.15) is 24.2 Å². The Bertz CT molecular complexity index is 1370. The fraction of sp³-hybridized carbons (Fsp3) is 0.286. The van der Waals surface area contributed by atoms with E-state index in [-0.39, 0.29) is 23.0 Å². The molecule has 0 aliphatic rings. The molecule has 0 bridgehead atoms. The van der Waals surface area contributed by atoms with Crippen molar-refractivity contribution in [2.75, 3.05) is 24.0 Å². The number of carbonyl (C=O) groups excluding carboxylic acids is 2. The van der Waals surface area contributed by atoms with Crippen LogP contribution in [0.4, 0.5) is 10.1 Å². The van der Waals surface area contributed by atoms with Crippen LogP contribution in [-0.2, 0) is 26.2 Å². The van der Waals surface area contributed by atoms with Crippen LogP contribution in [0.2, 0.25) is 0 Å². The highest BCUT2D eigenvalue weighted by Gasteiger charge is 2.32. The van der Waals surface area contributed by atoms with Crippen LogP contribution in [0.1, 0.15) is 26.3 Å². The van der Waals surface area contributed by atoms with Crippen molar-refractivity contribution in [2.45, 2.75) is 38.3 Å². The van der Waals surface area contributed by atoms with E-state index in [4.69, 9.17) is 4.74 Å². The molecule has 0 spiro atoms. The molecule has 0 fully saturated rings.